The molecule has 7 nitrogen and oxygen atoms in total. The number of carbonyl (C=O) groups is 1. The average molecular weight is 609 g/mol. The van der Waals surface area contributed by atoms with E-state index in [1.54, 1.807) is 23.7 Å². The number of amides is 1. The molecule has 1 unspecified atom stereocenters. The van der Waals surface area contributed by atoms with E-state index in [0.717, 1.165) is 33.4 Å². The van der Waals surface area contributed by atoms with Crippen molar-refractivity contribution in [2.24, 2.45) is 5.92 Å². The Hall–Kier alpha value is -3.44. The molecule has 1 aliphatic rings. The minimum atomic E-state index is -0.125. The van der Waals surface area contributed by atoms with Crippen molar-refractivity contribution < 1.29 is 4.79 Å². The Morgan fingerprint density at radius 1 is 1.19 bits per heavy atom. The van der Waals surface area contributed by atoms with Crippen molar-refractivity contribution in [2.45, 2.75) is 20.0 Å². The number of allylic oxidation sites excluding steroid dienone is 3. The second-order valence-electron chi connectivity index (χ2n) is 8.70. The van der Waals surface area contributed by atoms with E-state index in [9.17, 15) is 4.79 Å². The number of hydrogen-bond acceptors (Lipinski definition) is 6. The van der Waals surface area contributed by atoms with E-state index in [4.69, 9.17) is 0 Å². The van der Waals surface area contributed by atoms with Gasteiger partial charge in [-0.05, 0) is 80.9 Å². The number of nitrogens with one attached hydrogen (secondary N) is 4. The highest BCUT2D eigenvalue weighted by Crippen LogP contribution is 2.30. The van der Waals surface area contributed by atoms with Crippen LogP contribution in [-0.4, -0.2) is 21.1 Å². The topological polar surface area (TPSA) is 94.7 Å². The van der Waals surface area contributed by atoms with Gasteiger partial charge in [0.25, 0.3) is 0 Å². The summed E-state index contributed by atoms with van der Waals surface area (Å²) in [6.07, 6.45) is 11.5. The van der Waals surface area contributed by atoms with Crippen molar-refractivity contribution in [1.29, 1.82) is 0 Å². The number of carbonyl (C=O) groups excluding carboxylic acids is 1. The van der Waals surface area contributed by atoms with Crippen LogP contribution in [0, 0.1) is 5.92 Å². The molecule has 1 aromatic carbocycles. The normalized spacial score (nSPS) is 15.8. The fraction of sp³-hybridized carbons (Fsp3) is 0.148. The molecular weight excluding hydrogens is 583 g/mol. The van der Waals surface area contributed by atoms with Gasteiger partial charge in [-0.15, -0.1) is 0 Å². The maximum Gasteiger partial charge on any atom is 0.226 e. The van der Waals surface area contributed by atoms with E-state index >= 15 is 0 Å². The van der Waals surface area contributed by atoms with Crippen LogP contribution < -0.4 is 16.0 Å². The lowest BCUT2D eigenvalue weighted by Crippen LogP contribution is -2.23. The van der Waals surface area contributed by atoms with Gasteiger partial charge in [0, 0.05) is 32.8 Å². The van der Waals surface area contributed by atoms with Crippen molar-refractivity contribution in [2.75, 3.05) is 5.32 Å². The first kappa shape index (κ1) is 24.3. The predicted octanol–water partition coefficient (Wildman–Crippen LogP) is 6.35. The van der Waals surface area contributed by atoms with Crippen molar-refractivity contribution in [3.63, 3.8) is 0 Å². The van der Waals surface area contributed by atoms with Crippen LogP contribution in [0.5, 0.6) is 0 Å². The first-order valence-corrected chi connectivity index (χ1v) is 13.5. The Labute approximate surface area is 226 Å². The molecule has 5 rings (SSSR count). The van der Waals surface area contributed by atoms with Crippen LogP contribution in [0.15, 0.2) is 83.6 Å². The second kappa shape index (κ2) is 10.7. The molecular formula is C27H25IN6OS. The fourth-order valence-electron chi connectivity index (χ4n) is 3.79. The lowest BCUT2D eigenvalue weighted by atomic mass is 10.0. The van der Waals surface area contributed by atoms with Gasteiger partial charge >= 0.3 is 0 Å². The molecule has 3 aromatic heterocycles. The third-order valence-corrected chi connectivity index (χ3v) is 7.43. The summed E-state index contributed by atoms with van der Waals surface area (Å²) in [5.74, 6) is -0.132. The molecule has 4 aromatic rings. The number of rotatable bonds is 7. The highest BCUT2D eigenvalue weighted by atomic mass is 127. The standard InChI is InChI=1S/C27H25IN6OS/c1-16(2)27(35)32-21-10-19(12-29-13-21)17-6-7-24-22(11-17)25(34-33-24)26-30-14-20(31-26)4-3-5-23(28)18-8-9-36-15-18/h3-16,26,30-31H,1-2H3,(H,32,35)(H,33,34)/b4-3-,23-5-. The average Bonchev–Trinajstić information content (AvgIpc) is 3.64. The Balaban J connectivity index is 1.32. The molecule has 1 aliphatic heterocycles. The van der Waals surface area contributed by atoms with E-state index in [1.807, 2.05) is 50.4 Å². The summed E-state index contributed by atoms with van der Waals surface area (Å²) in [5, 5.41) is 22.7. The molecule has 36 heavy (non-hydrogen) atoms. The predicted molar refractivity (Wildman–Crippen MR) is 155 cm³/mol. The van der Waals surface area contributed by atoms with Crippen molar-refractivity contribution in [1.82, 2.24) is 25.8 Å². The zero-order valence-electron chi connectivity index (χ0n) is 19.7. The Kier molecular flexibility index (Phi) is 7.19. The highest BCUT2D eigenvalue weighted by molar-refractivity contribution is 14.1. The summed E-state index contributed by atoms with van der Waals surface area (Å²) in [6, 6.07) is 10.2. The summed E-state index contributed by atoms with van der Waals surface area (Å²) >= 11 is 4.05. The Bertz CT molecular complexity index is 1490. The zero-order chi connectivity index (χ0) is 25.1. The SMILES string of the molecule is CC(C)C(=O)Nc1cncc(-c2ccc3n[nH]c(C4NC=C(/C=C\C=C(/I)c5ccsc5)N4)c3c2)c1. The summed E-state index contributed by atoms with van der Waals surface area (Å²) in [7, 11) is 0. The van der Waals surface area contributed by atoms with Gasteiger partial charge in [0.05, 0.1) is 28.8 Å². The lowest BCUT2D eigenvalue weighted by Gasteiger charge is -2.12. The maximum atomic E-state index is 12.1. The molecule has 0 fully saturated rings. The van der Waals surface area contributed by atoms with E-state index in [0.29, 0.717) is 5.69 Å². The molecule has 1 atom stereocenters. The number of aromatic amines is 1. The molecule has 1 amide bonds. The number of aromatic nitrogens is 3. The number of fused-ring (bicyclic) bond motifs is 1. The van der Waals surface area contributed by atoms with Crippen LogP contribution in [0.2, 0.25) is 0 Å². The molecule has 0 saturated heterocycles. The highest BCUT2D eigenvalue weighted by Gasteiger charge is 2.20. The quantitative estimate of drug-likeness (QED) is 0.145. The summed E-state index contributed by atoms with van der Waals surface area (Å²) in [4.78, 5) is 16.4. The molecule has 4 N–H and O–H groups in total. The van der Waals surface area contributed by atoms with Gasteiger partial charge in [0.15, 0.2) is 0 Å². The van der Waals surface area contributed by atoms with Crippen LogP contribution in [0.4, 0.5) is 5.69 Å². The molecule has 4 heterocycles. The van der Waals surface area contributed by atoms with E-state index in [2.05, 4.69) is 82.7 Å². The van der Waals surface area contributed by atoms with Crippen LogP contribution in [0.1, 0.15) is 31.3 Å². The molecule has 0 radical (unpaired) electrons. The molecule has 182 valence electrons. The van der Waals surface area contributed by atoms with Gasteiger partial charge in [-0.1, -0.05) is 26.0 Å². The second-order valence-corrected chi connectivity index (χ2v) is 10.6. The van der Waals surface area contributed by atoms with E-state index in [1.165, 1.54) is 9.14 Å². The largest absolute Gasteiger partial charge is 0.365 e. The summed E-state index contributed by atoms with van der Waals surface area (Å²) in [6.45, 7) is 3.73. The number of anilines is 1. The Morgan fingerprint density at radius 3 is 2.89 bits per heavy atom. The van der Waals surface area contributed by atoms with Crippen LogP contribution in [0.3, 0.4) is 0 Å². The number of benzene rings is 1. The van der Waals surface area contributed by atoms with Crippen LogP contribution in [0.25, 0.3) is 25.6 Å². The van der Waals surface area contributed by atoms with Gasteiger partial charge in [0.1, 0.15) is 6.17 Å². The molecule has 0 spiro atoms. The number of pyridine rings is 1. The first-order valence-electron chi connectivity index (χ1n) is 11.5. The molecule has 0 bridgehead atoms. The lowest BCUT2D eigenvalue weighted by molar-refractivity contribution is -0.118. The third-order valence-electron chi connectivity index (χ3n) is 5.77. The monoisotopic (exact) mass is 608 g/mol. The zero-order valence-corrected chi connectivity index (χ0v) is 22.7. The number of nitrogens with zero attached hydrogens (tertiary/aromatic N) is 2. The number of thiophene rings is 1. The van der Waals surface area contributed by atoms with Gasteiger partial charge in [0.2, 0.25) is 5.91 Å². The maximum absolute atomic E-state index is 12.1. The first-order chi connectivity index (χ1) is 17.5. The number of H-pyrrole nitrogens is 1. The third kappa shape index (κ3) is 5.36. The van der Waals surface area contributed by atoms with Crippen molar-refractivity contribution in [3.05, 3.63) is 94.9 Å². The van der Waals surface area contributed by atoms with Gasteiger partial charge in [-0.25, -0.2) is 0 Å². The Morgan fingerprint density at radius 2 is 2.08 bits per heavy atom. The smallest absolute Gasteiger partial charge is 0.226 e. The number of halogens is 1. The van der Waals surface area contributed by atoms with Gasteiger partial charge < -0.3 is 16.0 Å². The minimum Gasteiger partial charge on any atom is -0.365 e. The summed E-state index contributed by atoms with van der Waals surface area (Å²) in [5.41, 5.74) is 6.66. The van der Waals surface area contributed by atoms with Crippen molar-refractivity contribution >= 4 is 60.0 Å². The van der Waals surface area contributed by atoms with Gasteiger partial charge in [-0.3, -0.25) is 14.9 Å². The van der Waals surface area contributed by atoms with Crippen LogP contribution >= 0.6 is 33.9 Å². The van der Waals surface area contributed by atoms with E-state index in [-0.39, 0.29) is 18.0 Å². The summed E-state index contributed by atoms with van der Waals surface area (Å²) < 4.78 is 1.20. The number of hydrogen-bond donors (Lipinski definition) is 4. The molecule has 9 heteroatoms. The van der Waals surface area contributed by atoms with E-state index < -0.39 is 0 Å². The van der Waals surface area contributed by atoms with Gasteiger partial charge in [-0.2, -0.15) is 16.4 Å². The minimum absolute atomic E-state index is 0.0334. The van der Waals surface area contributed by atoms with Crippen LogP contribution in [-0.2, 0) is 4.79 Å². The fourth-order valence-corrected chi connectivity index (χ4v) is 5.20. The molecule has 0 aliphatic carbocycles. The molecule has 0 saturated carbocycles. The van der Waals surface area contributed by atoms with Crippen molar-refractivity contribution in [3.8, 4) is 11.1 Å².